The van der Waals surface area contributed by atoms with Gasteiger partial charge in [0.2, 0.25) is 23.6 Å². The van der Waals surface area contributed by atoms with Crippen LogP contribution in [0.5, 0.6) is 0 Å². The number of nitrogens with one attached hydrogen (secondary N) is 3. The summed E-state index contributed by atoms with van der Waals surface area (Å²) in [6.07, 6.45) is 3.75. The first-order valence-corrected chi connectivity index (χ1v) is 20.2. The zero-order valence-corrected chi connectivity index (χ0v) is 33.2. The van der Waals surface area contributed by atoms with E-state index < -0.39 is 70.0 Å². The third-order valence-electron chi connectivity index (χ3n) is 10.3. The average Bonchev–Trinajstić information content (AvgIpc) is 3.87. The van der Waals surface area contributed by atoms with Crippen LogP contribution in [-0.4, -0.2) is 97.9 Å². The van der Waals surface area contributed by atoms with Crippen LogP contribution in [0, 0.1) is 23.0 Å². The summed E-state index contributed by atoms with van der Waals surface area (Å²) < 4.78 is 31.0. The van der Waals surface area contributed by atoms with Gasteiger partial charge in [-0.3, -0.25) is 28.9 Å². The largest absolute Gasteiger partial charge is 0.480 e. The number of hydrogen-bond acceptors (Lipinski definition) is 10. The minimum atomic E-state index is -1.19. The Morgan fingerprint density at radius 2 is 1.77 bits per heavy atom. The molecular formula is C40H52F2N8O6S. The van der Waals surface area contributed by atoms with Crippen molar-refractivity contribution in [1.82, 2.24) is 30.4 Å². The van der Waals surface area contributed by atoms with Gasteiger partial charge in [0.25, 0.3) is 0 Å². The van der Waals surface area contributed by atoms with Crippen molar-refractivity contribution < 1.29 is 37.9 Å². The van der Waals surface area contributed by atoms with E-state index in [2.05, 4.69) is 16.0 Å². The Kier molecular flexibility index (Phi) is 14.6. The Balaban J connectivity index is 1.15. The second-order valence-corrected chi connectivity index (χ2v) is 16.9. The highest BCUT2D eigenvalue weighted by Crippen LogP contribution is 2.35. The normalized spacial score (nSPS) is 20.1. The molecule has 1 aliphatic carbocycles. The number of rotatable bonds is 18. The first-order valence-electron chi connectivity index (χ1n) is 19.1. The number of aliphatic carboxylic acids is 1. The van der Waals surface area contributed by atoms with Crippen molar-refractivity contribution in [2.45, 2.75) is 88.8 Å². The monoisotopic (exact) mass is 810 g/mol. The van der Waals surface area contributed by atoms with E-state index >= 15 is 0 Å². The highest BCUT2D eigenvalue weighted by atomic mass is 32.2. The van der Waals surface area contributed by atoms with E-state index in [-0.39, 0.29) is 49.2 Å². The van der Waals surface area contributed by atoms with Crippen LogP contribution in [0.1, 0.15) is 70.3 Å². The Morgan fingerprint density at radius 3 is 2.47 bits per heavy atom. The molecule has 2 fully saturated rings. The molecule has 0 bridgehead atoms. The fraction of sp³-hybridized carbons (Fsp3) is 0.500. The summed E-state index contributed by atoms with van der Waals surface area (Å²) in [5, 5.41) is 17.5. The van der Waals surface area contributed by atoms with Crippen LogP contribution in [0.25, 0.3) is 11.3 Å². The van der Waals surface area contributed by atoms with Gasteiger partial charge in [-0.2, -0.15) is 0 Å². The number of carboxylic acid groups (broad SMARTS) is 1. The molecular weight excluding hydrogens is 759 g/mol. The van der Waals surface area contributed by atoms with Gasteiger partial charge in [-0.05, 0) is 55.0 Å². The molecule has 57 heavy (non-hydrogen) atoms. The van der Waals surface area contributed by atoms with Gasteiger partial charge in [0.1, 0.15) is 23.5 Å². The molecule has 5 rings (SSSR count). The zero-order chi connectivity index (χ0) is 41.4. The van der Waals surface area contributed by atoms with Gasteiger partial charge in [-0.1, -0.05) is 57.5 Å². The summed E-state index contributed by atoms with van der Waals surface area (Å²) in [4.78, 5) is 68.6. The fourth-order valence-electron chi connectivity index (χ4n) is 7.16. The number of carbonyl (C=O) groups is 5. The predicted molar refractivity (Wildman–Crippen MR) is 211 cm³/mol. The third kappa shape index (κ3) is 11.2. The highest BCUT2D eigenvalue weighted by Gasteiger charge is 2.40. The van der Waals surface area contributed by atoms with Crippen LogP contribution in [0.2, 0.25) is 0 Å². The molecule has 1 aliphatic heterocycles. The van der Waals surface area contributed by atoms with Crippen LogP contribution in [0.15, 0.2) is 54.7 Å². The molecule has 14 nitrogen and oxygen atoms in total. The lowest BCUT2D eigenvalue weighted by molar-refractivity contribution is -0.139. The van der Waals surface area contributed by atoms with E-state index in [1.807, 2.05) is 55.7 Å². The van der Waals surface area contributed by atoms with E-state index in [1.54, 1.807) is 6.20 Å². The van der Waals surface area contributed by atoms with E-state index in [1.165, 1.54) is 0 Å². The zero-order valence-electron chi connectivity index (χ0n) is 32.4. The molecule has 17 heteroatoms. The van der Waals surface area contributed by atoms with Crippen LogP contribution < -0.4 is 27.4 Å². The molecule has 1 aromatic heterocycles. The lowest BCUT2D eigenvalue weighted by atomic mass is 9.86. The van der Waals surface area contributed by atoms with Crippen LogP contribution >= 0.6 is 11.8 Å². The molecule has 1 saturated heterocycles. The van der Waals surface area contributed by atoms with Crippen LogP contribution in [0.3, 0.4) is 0 Å². The minimum Gasteiger partial charge on any atom is -0.480 e. The Morgan fingerprint density at radius 1 is 1.04 bits per heavy atom. The number of carboxylic acids is 1. The van der Waals surface area contributed by atoms with Gasteiger partial charge in [-0.25, -0.2) is 13.8 Å². The predicted octanol–water partition coefficient (Wildman–Crippen LogP) is 2.94. The number of nitrogens with two attached hydrogens (primary N) is 2. The summed E-state index contributed by atoms with van der Waals surface area (Å²) in [5.41, 5.74) is 12.8. The maximum atomic E-state index is 14.9. The smallest absolute Gasteiger partial charge is 0.321 e. The average molecular weight is 811 g/mol. The molecule has 308 valence electrons. The van der Waals surface area contributed by atoms with E-state index in [4.69, 9.17) is 21.6 Å². The summed E-state index contributed by atoms with van der Waals surface area (Å²) >= 11 is 1.03. The number of halogens is 2. The first kappa shape index (κ1) is 43.4. The number of thioether (sulfide) groups is 1. The Bertz CT molecular complexity index is 1920. The molecule has 2 heterocycles. The number of aromatic nitrogens is 2. The lowest BCUT2D eigenvalue weighted by Gasteiger charge is -2.32. The third-order valence-corrected chi connectivity index (χ3v) is 11.6. The molecule has 2 aromatic carbocycles. The maximum Gasteiger partial charge on any atom is 0.321 e. The van der Waals surface area contributed by atoms with Crippen molar-refractivity contribution in [2.75, 3.05) is 25.4 Å². The first-order chi connectivity index (χ1) is 27.0. The van der Waals surface area contributed by atoms with Gasteiger partial charge in [0.15, 0.2) is 0 Å². The molecule has 8 N–H and O–H groups in total. The second kappa shape index (κ2) is 19.2. The van der Waals surface area contributed by atoms with Crippen LogP contribution in [0.4, 0.5) is 8.78 Å². The molecule has 1 saturated carbocycles. The van der Waals surface area contributed by atoms with E-state index in [0.29, 0.717) is 43.9 Å². The van der Waals surface area contributed by atoms with Gasteiger partial charge in [-0.15, -0.1) is 11.8 Å². The number of likely N-dealkylation sites (tertiary alicyclic amines) is 1. The molecule has 6 atom stereocenters. The van der Waals surface area contributed by atoms with Gasteiger partial charge in [0, 0.05) is 49.6 Å². The van der Waals surface area contributed by atoms with Gasteiger partial charge in [0.05, 0.1) is 28.9 Å². The number of carbonyl (C=O) groups excluding carboxylic acids is 4. The lowest BCUT2D eigenvalue weighted by Crippen LogP contribution is -2.50. The molecule has 0 spiro atoms. The molecule has 0 radical (unpaired) electrons. The molecule has 3 aromatic rings. The van der Waals surface area contributed by atoms with E-state index in [0.717, 1.165) is 40.4 Å². The SMILES string of the molecule is CC(C)(C)[C@@H](NCC[C@H](N)C(=O)N[C@H]1CCC[C@H]1C(=O)NCCN1C(=O)CC(SC[C@H](N)C(=O)O)C1=O)c1nc(-c2cc(F)ccc2F)cn1Cc1ccccc1. The number of hydrogen-bond donors (Lipinski definition) is 6. The maximum absolute atomic E-state index is 14.9. The van der Waals surface area contributed by atoms with Crippen LogP contribution in [-0.2, 0) is 30.5 Å². The van der Waals surface area contributed by atoms with Crippen molar-refractivity contribution >= 4 is 41.4 Å². The van der Waals surface area contributed by atoms with Crippen molar-refractivity contribution in [3.63, 3.8) is 0 Å². The Labute approximate surface area is 334 Å². The van der Waals surface area contributed by atoms with Crippen molar-refractivity contribution in [1.29, 1.82) is 0 Å². The van der Waals surface area contributed by atoms with Gasteiger partial charge < -0.3 is 37.1 Å². The summed E-state index contributed by atoms with van der Waals surface area (Å²) in [7, 11) is 0. The summed E-state index contributed by atoms with van der Waals surface area (Å²) in [6.45, 7) is 6.86. The molecule has 1 unspecified atom stereocenters. The molecule has 2 aliphatic rings. The molecule has 4 amide bonds. The second-order valence-electron chi connectivity index (χ2n) is 15.7. The standard InChI is InChI=1S/C40H52F2N8O6S/c1-40(2,3)34(35-47-31(26-18-24(41)12-13-27(26)42)21-49(35)20-23-8-5-4-6-9-23)45-15-14-28(43)37(53)48-30-11-7-10-25(30)36(52)46-16-17-50-33(51)19-32(38(50)54)57-22-29(44)39(55)56/h4-6,8-9,12-13,18,21,25,28-30,32,34,45H,7,10-11,14-17,19-20,22,43-44H2,1-3H3,(H,46,52)(H,48,53)(H,55,56)/t25-,28+,29+,30+,32?,34+/m1/s1. The summed E-state index contributed by atoms with van der Waals surface area (Å²) in [5.74, 6) is -3.83. The fourth-order valence-corrected chi connectivity index (χ4v) is 8.27. The number of nitrogens with zero attached hydrogens (tertiary/aromatic N) is 3. The highest BCUT2D eigenvalue weighted by molar-refractivity contribution is 8.00. The summed E-state index contributed by atoms with van der Waals surface area (Å²) in [6, 6.07) is 10.1. The number of imide groups is 1. The number of amides is 4. The van der Waals surface area contributed by atoms with E-state index in [9.17, 15) is 32.8 Å². The Hall–Kier alpha value is -4.71. The van der Waals surface area contributed by atoms with Crippen molar-refractivity contribution in [2.24, 2.45) is 22.8 Å². The van der Waals surface area contributed by atoms with Gasteiger partial charge >= 0.3 is 5.97 Å². The number of imidazole rings is 1. The number of benzene rings is 2. The quantitative estimate of drug-likeness (QED) is 0.103. The van der Waals surface area contributed by atoms with Crippen molar-refractivity contribution in [3.8, 4) is 11.3 Å². The van der Waals surface area contributed by atoms with Crippen molar-refractivity contribution in [3.05, 3.63) is 77.8 Å². The minimum absolute atomic E-state index is 0.0132. The topological polar surface area (TPSA) is 215 Å².